The van der Waals surface area contributed by atoms with Gasteiger partial charge in [-0.3, -0.25) is 9.78 Å². The fourth-order valence-corrected chi connectivity index (χ4v) is 5.08. The highest BCUT2D eigenvalue weighted by Crippen LogP contribution is 2.43. The van der Waals surface area contributed by atoms with E-state index in [2.05, 4.69) is 15.6 Å². The molecule has 0 aliphatic carbocycles. The molecule has 37 heavy (non-hydrogen) atoms. The number of para-hydroxylation sites is 1. The highest BCUT2D eigenvalue weighted by molar-refractivity contribution is 7.80. The third-order valence-electron chi connectivity index (χ3n) is 6.07. The molecular formula is C27H23ClFN5O2S. The Labute approximate surface area is 223 Å². The number of thiocarbonyl (C=S) groups is 1. The van der Waals surface area contributed by atoms with Crippen LogP contribution in [0.3, 0.4) is 0 Å². The second-order valence-electron chi connectivity index (χ2n) is 8.40. The van der Waals surface area contributed by atoms with Crippen LogP contribution in [0.2, 0.25) is 5.02 Å². The molecule has 0 spiro atoms. The molecule has 1 saturated heterocycles. The Morgan fingerprint density at radius 3 is 2.70 bits per heavy atom. The van der Waals surface area contributed by atoms with Gasteiger partial charge in [-0.05, 0) is 66.8 Å². The number of nitrogens with one attached hydrogen (secondary N) is 2. The summed E-state index contributed by atoms with van der Waals surface area (Å²) in [6.07, 6.45) is 3.55. The van der Waals surface area contributed by atoms with Crippen LogP contribution in [0.25, 0.3) is 5.69 Å². The maximum Gasteiger partial charge on any atom is 0.250 e. The predicted octanol–water partition coefficient (Wildman–Crippen LogP) is 5.43. The number of carbonyl (C=O) groups excluding carboxylic acids is 1. The zero-order valence-corrected chi connectivity index (χ0v) is 21.3. The topological polar surface area (TPSA) is 71.4 Å². The highest BCUT2D eigenvalue weighted by atomic mass is 35.5. The maximum atomic E-state index is 14.8. The number of carbonyl (C=O) groups is 1. The second kappa shape index (κ2) is 10.7. The Hall–Kier alpha value is -3.79. The molecule has 1 amide bonds. The SMILES string of the molecule is COCC(=O)Nc1ccc(N2C(=S)N[C@H](c3ccccn3)[C@H]2c2cccn2-c2ccccc2F)cc1Cl. The molecule has 2 atom stereocenters. The molecule has 1 aliphatic heterocycles. The van der Waals surface area contributed by atoms with Gasteiger partial charge in [0.05, 0.1) is 28.1 Å². The van der Waals surface area contributed by atoms with Gasteiger partial charge in [0, 0.05) is 30.9 Å². The van der Waals surface area contributed by atoms with E-state index in [4.69, 9.17) is 28.6 Å². The summed E-state index contributed by atoms with van der Waals surface area (Å²) in [5, 5.41) is 6.93. The molecule has 5 rings (SSSR count). The average molecular weight is 536 g/mol. The summed E-state index contributed by atoms with van der Waals surface area (Å²) in [7, 11) is 1.45. The number of benzene rings is 2. The van der Waals surface area contributed by atoms with Gasteiger partial charge in [0.2, 0.25) is 5.91 Å². The van der Waals surface area contributed by atoms with Gasteiger partial charge < -0.3 is 24.8 Å². The van der Waals surface area contributed by atoms with Gasteiger partial charge in [-0.1, -0.05) is 29.8 Å². The lowest BCUT2D eigenvalue weighted by Gasteiger charge is -2.29. The minimum Gasteiger partial charge on any atom is -0.375 e. The molecule has 2 aromatic carbocycles. The van der Waals surface area contributed by atoms with Crippen LogP contribution < -0.4 is 15.5 Å². The lowest BCUT2D eigenvalue weighted by molar-refractivity contribution is -0.119. The minimum atomic E-state index is -0.387. The van der Waals surface area contributed by atoms with Gasteiger partial charge in [0.1, 0.15) is 18.5 Å². The summed E-state index contributed by atoms with van der Waals surface area (Å²) in [4.78, 5) is 18.5. The number of ether oxygens (including phenoxy) is 1. The Kier molecular flexibility index (Phi) is 7.18. The van der Waals surface area contributed by atoms with Gasteiger partial charge >= 0.3 is 0 Å². The summed E-state index contributed by atoms with van der Waals surface area (Å²) in [6.45, 7) is -0.0843. The minimum absolute atomic E-state index is 0.0843. The van der Waals surface area contributed by atoms with E-state index < -0.39 is 0 Å². The summed E-state index contributed by atoms with van der Waals surface area (Å²) < 4.78 is 21.5. The number of hydrogen-bond acceptors (Lipinski definition) is 4. The van der Waals surface area contributed by atoms with Crippen LogP contribution in [-0.2, 0) is 9.53 Å². The molecule has 7 nitrogen and oxygen atoms in total. The third-order valence-corrected chi connectivity index (χ3v) is 6.70. The van der Waals surface area contributed by atoms with E-state index in [1.54, 1.807) is 36.5 Å². The number of rotatable bonds is 7. The van der Waals surface area contributed by atoms with E-state index in [0.29, 0.717) is 27.2 Å². The number of anilines is 2. The van der Waals surface area contributed by atoms with Gasteiger partial charge in [-0.15, -0.1) is 0 Å². The lowest BCUT2D eigenvalue weighted by atomic mass is 10.0. The van der Waals surface area contributed by atoms with Crippen LogP contribution in [0, 0.1) is 5.82 Å². The van der Waals surface area contributed by atoms with Crippen LogP contribution in [0.1, 0.15) is 23.5 Å². The van der Waals surface area contributed by atoms with Crippen molar-refractivity contribution in [2.75, 3.05) is 23.9 Å². The van der Waals surface area contributed by atoms with E-state index in [-0.39, 0.29) is 30.4 Å². The van der Waals surface area contributed by atoms with Crippen LogP contribution in [0.4, 0.5) is 15.8 Å². The van der Waals surface area contributed by atoms with Crippen molar-refractivity contribution >= 4 is 46.2 Å². The Morgan fingerprint density at radius 1 is 1.16 bits per heavy atom. The Morgan fingerprint density at radius 2 is 1.97 bits per heavy atom. The Bertz CT molecular complexity index is 1450. The van der Waals surface area contributed by atoms with Crippen molar-refractivity contribution in [3.05, 3.63) is 107 Å². The Balaban J connectivity index is 1.60. The van der Waals surface area contributed by atoms with Crippen molar-refractivity contribution in [1.29, 1.82) is 0 Å². The number of nitrogens with zero attached hydrogens (tertiary/aromatic N) is 3. The van der Waals surface area contributed by atoms with Crippen molar-refractivity contribution in [2.24, 2.45) is 0 Å². The van der Waals surface area contributed by atoms with E-state index in [0.717, 1.165) is 11.4 Å². The fraction of sp³-hybridized carbons (Fsp3) is 0.148. The van der Waals surface area contributed by atoms with Crippen molar-refractivity contribution < 1.29 is 13.9 Å². The molecule has 0 saturated carbocycles. The van der Waals surface area contributed by atoms with Gasteiger partial charge in [-0.25, -0.2) is 4.39 Å². The van der Waals surface area contributed by atoms with Gasteiger partial charge in [-0.2, -0.15) is 0 Å². The summed E-state index contributed by atoms with van der Waals surface area (Å²) in [5.74, 6) is -0.653. The number of hydrogen-bond donors (Lipinski definition) is 2. The molecular weight excluding hydrogens is 513 g/mol. The molecule has 2 N–H and O–H groups in total. The number of aromatic nitrogens is 2. The molecule has 1 aliphatic rings. The van der Waals surface area contributed by atoms with Gasteiger partial charge in [0.15, 0.2) is 5.11 Å². The summed E-state index contributed by atoms with van der Waals surface area (Å²) in [5.41, 5.74) is 3.18. The molecule has 1 fully saturated rings. The monoisotopic (exact) mass is 535 g/mol. The molecule has 0 unspecified atom stereocenters. The smallest absolute Gasteiger partial charge is 0.250 e. The number of halogens is 2. The number of methoxy groups -OCH3 is 1. The lowest BCUT2D eigenvalue weighted by Crippen LogP contribution is -2.30. The first-order valence-corrected chi connectivity index (χ1v) is 12.3. The standard InChI is InChI=1S/C27H23ClFN5O2S/c1-36-16-24(35)31-20-12-11-17(15-18(20)28)34-26(25(32-27(34)37)21-8-4-5-13-30-21)23-10-6-14-33(23)22-9-3-2-7-19(22)29/h2-15,25-26H,16H2,1H3,(H,31,35)(H,32,37)/t25-,26-/m1/s1. The zero-order valence-electron chi connectivity index (χ0n) is 19.8. The van der Waals surface area contributed by atoms with Crippen molar-refractivity contribution in [3.63, 3.8) is 0 Å². The third kappa shape index (κ3) is 4.93. The molecule has 3 heterocycles. The van der Waals surface area contributed by atoms with Crippen LogP contribution in [0.15, 0.2) is 85.2 Å². The van der Waals surface area contributed by atoms with Gasteiger partial charge in [0.25, 0.3) is 0 Å². The van der Waals surface area contributed by atoms with Crippen LogP contribution >= 0.6 is 23.8 Å². The summed E-state index contributed by atoms with van der Waals surface area (Å²) >= 11 is 12.4. The number of pyridine rings is 1. The van der Waals surface area contributed by atoms with E-state index in [1.165, 1.54) is 13.2 Å². The van der Waals surface area contributed by atoms with E-state index >= 15 is 0 Å². The first kappa shape index (κ1) is 24.9. The first-order valence-electron chi connectivity index (χ1n) is 11.5. The average Bonchev–Trinajstić information content (AvgIpc) is 3.50. The highest BCUT2D eigenvalue weighted by Gasteiger charge is 2.42. The number of amides is 1. The summed E-state index contributed by atoms with van der Waals surface area (Å²) in [6, 6.07) is 20.7. The predicted molar refractivity (Wildman–Crippen MR) is 146 cm³/mol. The second-order valence-corrected chi connectivity index (χ2v) is 9.19. The fourth-order valence-electron chi connectivity index (χ4n) is 4.51. The molecule has 10 heteroatoms. The maximum absolute atomic E-state index is 14.8. The molecule has 2 aromatic heterocycles. The normalized spacial score (nSPS) is 17.1. The zero-order chi connectivity index (χ0) is 25.9. The van der Waals surface area contributed by atoms with E-state index in [1.807, 2.05) is 52.1 Å². The quantitative estimate of drug-likeness (QED) is 0.308. The van der Waals surface area contributed by atoms with Crippen molar-refractivity contribution in [3.8, 4) is 5.69 Å². The molecule has 4 aromatic rings. The molecule has 188 valence electrons. The van der Waals surface area contributed by atoms with Crippen molar-refractivity contribution in [1.82, 2.24) is 14.9 Å². The molecule has 0 bridgehead atoms. The van der Waals surface area contributed by atoms with Crippen LogP contribution in [0.5, 0.6) is 0 Å². The van der Waals surface area contributed by atoms with Crippen LogP contribution in [-0.4, -0.2) is 34.3 Å². The largest absolute Gasteiger partial charge is 0.375 e. The molecule has 0 radical (unpaired) electrons. The first-order chi connectivity index (χ1) is 18.0. The van der Waals surface area contributed by atoms with E-state index in [9.17, 15) is 9.18 Å². The van der Waals surface area contributed by atoms with Crippen molar-refractivity contribution in [2.45, 2.75) is 12.1 Å².